The first-order valence-corrected chi connectivity index (χ1v) is 11.7. The number of halogens is 2. The lowest BCUT2D eigenvalue weighted by atomic mass is 10.1. The second kappa shape index (κ2) is 11.4. The topological polar surface area (TPSA) is 108 Å². The van der Waals surface area contributed by atoms with E-state index in [-0.39, 0.29) is 12.4 Å². The highest BCUT2D eigenvalue weighted by Gasteiger charge is 2.22. The highest BCUT2D eigenvalue weighted by atomic mass is 35.5. The molecule has 1 aliphatic rings. The molecule has 2 aromatic carbocycles. The van der Waals surface area contributed by atoms with Crippen LogP contribution in [0.3, 0.4) is 0 Å². The summed E-state index contributed by atoms with van der Waals surface area (Å²) in [7, 11) is 1.60. The normalized spacial score (nSPS) is 13.2. The summed E-state index contributed by atoms with van der Waals surface area (Å²) in [6.07, 6.45) is 5.30. The van der Waals surface area contributed by atoms with Gasteiger partial charge in [-0.05, 0) is 36.4 Å². The van der Waals surface area contributed by atoms with Gasteiger partial charge in [0.05, 0.1) is 35.3 Å². The molecule has 0 bridgehead atoms. The first-order valence-electron chi connectivity index (χ1n) is 11.3. The first-order chi connectivity index (χ1) is 17.2. The Morgan fingerprint density at radius 2 is 1.81 bits per heavy atom. The van der Waals surface area contributed by atoms with E-state index in [1.165, 1.54) is 0 Å². The molecule has 3 heterocycles. The molecule has 0 amide bonds. The van der Waals surface area contributed by atoms with Crippen LogP contribution in [0.2, 0.25) is 5.02 Å². The minimum absolute atomic E-state index is 0. The Balaban J connectivity index is 0.00000304. The van der Waals surface area contributed by atoms with Crippen molar-refractivity contribution in [3.8, 4) is 11.8 Å². The van der Waals surface area contributed by atoms with Crippen LogP contribution < -0.4 is 32.3 Å². The first kappa shape index (κ1) is 25.4. The average Bonchev–Trinajstić information content (AvgIpc) is 2.92. The van der Waals surface area contributed by atoms with Gasteiger partial charge in [-0.25, -0.2) is 9.97 Å². The summed E-state index contributed by atoms with van der Waals surface area (Å²) >= 11 is 6.28. The number of piperazine rings is 1. The molecule has 1 fully saturated rings. The van der Waals surface area contributed by atoms with Crippen LogP contribution >= 0.6 is 11.6 Å². The lowest BCUT2D eigenvalue weighted by molar-refractivity contribution is -0.591. The zero-order chi connectivity index (χ0) is 24.2. The molecule has 0 radical (unpaired) electrons. The predicted octanol–water partition coefficient (Wildman–Crippen LogP) is -0.321. The summed E-state index contributed by atoms with van der Waals surface area (Å²) in [6, 6.07) is 13.7. The van der Waals surface area contributed by atoms with E-state index in [0.717, 1.165) is 60.0 Å². The van der Waals surface area contributed by atoms with Gasteiger partial charge in [-0.1, -0.05) is 16.7 Å². The number of nitrogens with zero attached hydrogens (tertiary/aromatic N) is 7. The molecule has 0 aliphatic carbocycles. The minimum Gasteiger partial charge on any atom is -1.00 e. The molecule has 5 rings (SSSR count). The molecule has 0 unspecified atom stereocenters. The van der Waals surface area contributed by atoms with Crippen molar-refractivity contribution >= 4 is 39.8 Å². The van der Waals surface area contributed by atoms with Crippen molar-refractivity contribution in [1.82, 2.24) is 20.2 Å². The molecule has 36 heavy (non-hydrogen) atoms. The summed E-state index contributed by atoms with van der Waals surface area (Å²) in [6.45, 7) is 3.78. The van der Waals surface area contributed by atoms with Crippen LogP contribution in [-0.4, -0.2) is 53.5 Å². The van der Waals surface area contributed by atoms with Crippen LogP contribution in [-0.2, 0) is 6.54 Å². The molecule has 11 heteroatoms. The van der Waals surface area contributed by atoms with Gasteiger partial charge in [0, 0.05) is 55.2 Å². The molecule has 0 atom stereocenters. The molecule has 2 N–H and O–H groups in total. The van der Waals surface area contributed by atoms with Crippen molar-refractivity contribution in [2.24, 2.45) is 0 Å². The van der Waals surface area contributed by atoms with Crippen LogP contribution in [0.5, 0.6) is 5.75 Å². The lowest BCUT2D eigenvalue weighted by Gasteiger charge is -2.36. The van der Waals surface area contributed by atoms with Crippen LogP contribution in [0.4, 0.5) is 17.5 Å². The second-order valence-electron chi connectivity index (χ2n) is 8.20. The van der Waals surface area contributed by atoms with Gasteiger partial charge >= 0.3 is 0 Å². The molecule has 1 saturated heterocycles. The molecule has 0 saturated carbocycles. The third-order valence-electron chi connectivity index (χ3n) is 6.12. The van der Waals surface area contributed by atoms with Crippen molar-refractivity contribution in [2.75, 3.05) is 43.1 Å². The maximum Gasteiger partial charge on any atom is 0.252 e. The number of hydrogen-bond donors (Lipinski definition) is 1. The Bertz CT molecular complexity index is 1390. The number of benzene rings is 2. The van der Waals surface area contributed by atoms with Gasteiger partial charge in [0.1, 0.15) is 12.3 Å². The number of rotatable bonds is 6. The van der Waals surface area contributed by atoms with Gasteiger partial charge in [0.15, 0.2) is 0 Å². The Labute approximate surface area is 220 Å². The fourth-order valence-electron chi connectivity index (χ4n) is 4.32. The maximum atomic E-state index is 9.72. The zero-order valence-corrected chi connectivity index (χ0v) is 21.1. The molecule has 0 spiro atoms. The van der Waals surface area contributed by atoms with Crippen molar-refractivity contribution in [1.29, 1.82) is 5.26 Å². The van der Waals surface area contributed by atoms with E-state index in [9.17, 15) is 5.26 Å². The SMILES string of the molecule is COc1ccc(C[NH2+]c2nncc3c(N4CCN(c5ncccn5)CC4)cc(C#N)cc23)cc1Cl.[Cl-]. The van der Waals surface area contributed by atoms with E-state index < -0.39 is 0 Å². The number of hydrogen-bond acceptors (Lipinski definition) is 8. The lowest BCUT2D eigenvalue weighted by Crippen LogP contribution is -3.00. The number of ether oxygens (including phenoxy) is 1. The minimum atomic E-state index is 0. The fraction of sp³-hybridized carbons (Fsp3) is 0.240. The van der Waals surface area contributed by atoms with Crippen molar-refractivity contribution < 1.29 is 22.5 Å². The van der Waals surface area contributed by atoms with Gasteiger partial charge in [-0.15, -0.1) is 0 Å². The van der Waals surface area contributed by atoms with Crippen molar-refractivity contribution in [3.05, 3.63) is 71.1 Å². The van der Waals surface area contributed by atoms with Crippen LogP contribution in [0.15, 0.2) is 55.0 Å². The predicted molar refractivity (Wildman–Crippen MR) is 134 cm³/mol. The van der Waals surface area contributed by atoms with E-state index in [0.29, 0.717) is 22.9 Å². The van der Waals surface area contributed by atoms with E-state index in [4.69, 9.17) is 16.3 Å². The Morgan fingerprint density at radius 1 is 1.06 bits per heavy atom. The molecular weight excluding hydrogens is 499 g/mol. The third kappa shape index (κ3) is 5.26. The van der Waals surface area contributed by atoms with E-state index in [1.54, 1.807) is 25.7 Å². The van der Waals surface area contributed by atoms with Crippen LogP contribution in [0.1, 0.15) is 11.1 Å². The van der Waals surface area contributed by atoms with E-state index in [1.807, 2.05) is 41.7 Å². The molecule has 4 aromatic rings. The number of anilines is 2. The number of fused-ring (bicyclic) bond motifs is 1. The summed E-state index contributed by atoms with van der Waals surface area (Å²) < 4.78 is 5.24. The van der Waals surface area contributed by atoms with Gasteiger partial charge < -0.3 is 26.9 Å². The Kier molecular flexibility index (Phi) is 8.00. The fourth-order valence-corrected chi connectivity index (χ4v) is 4.60. The largest absolute Gasteiger partial charge is 1.00 e. The van der Waals surface area contributed by atoms with E-state index in [2.05, 4.69) is 36.0 Å². The summed E-state index contributed by atoms with van der Waals surface area (Å²) in [5.74, 6) is 2.12. The maximum absolute atomic E-state index is 9.72. The molecule has 2 aromatic heterocycles. The Morgan fingerprint density at radius 3 is 2.50 bits per heavy atom. The molecule has 184 valence electrons. The van der Waals surface area contributed by atoms with Crippen LogP contribution in [0, 0.1) is 11.3 Å². The number of aromatic nitrogens is 4. The van der Waals surface area contributed by atoms with Gasteiger partial charge in [0.25, 0.3) is 5.82 Å². The highest BCUT2D eigenvalue weighted by molar-refractivity contribution is 6.32. The molecular formula is C25H24Cl2N8O. The summed E-state index contributed by atoms with van der Waals surface area (Å²) in [5, 5.41) is 22.8. The zero-order valence-electron chi connectivity index (χ0n) is 19.6. The van der Waals surface area contributed by atoms with Gasteiger partial charge in [-0.3, -0.25) is 5.32 Å². The summed E-state index contributed by atoms with van der Waals surface area (Å²) in [4.78, 5) is 13.2. The highest BCUT2D eigenvalue weighted by Crippen LogP contribution is 2.31. The quantitative estimate of drug-likeness (QED) is 0.367. The number of quaternary nitrogens is 1. The standard InChI is InChI=1S/C25H23ClN8O.ClH/c1-35-23-4-3-17(12-21(23)26)15-30-24-19-11-18(14-27)13-22(20(19)16-31-32-24)33-7-9-34(10-8-33)25-28-5-2-6-29-25;/h2-6,11-13,16H,7-10,15H2,1H3,(H,30,32);1H. The molecule has 1 aliphatic heterocycles. The Hall–Kier alpha value is -3.71. The van der Waals surface area contributed by atoms with Crippen LogP contribution in [0.25, 0.3) is 10.8 Å². The smallest absolute Gasteiger partial charge is 0.252 e. The third-order valence-corrected chi connectivity index (χ3v) is 6.41. The average molecular weight is 523 g/mol. The number of nitrogens with two attached hydrogens (primary N) is 1. The number of methoxy groups -OCH3 is 1. The van der Waals surface area contributed by atoms with Crippen molar-refractivity contribution in [2.45, 2.75) is 6.54 Å². The number of nitriles is 1. The summed E-state index contributed by atoms with van der Waals surface area (Å²) in [5.41, 5.74) is 2.62. The molecule has 9 nitrogen and oxygen atoms in total. The van der Waals surface area contributed by atoms with Crippen molar-refractivity contribution in [3.63, 3.8) is 0 Å². The second-order valence-corrected chi connectivity index (χ2v) is 8.61. The van der Waals surface area contributed by atoms with E-state index >= 15 is 0 Å². The monoisotopic (exact) mass is 522 g/mol. The van der Waals surface area contributed by atoms with Gasteiger partial charge in [0.2, 0.25) is 5.95 Å². The van der Waals surface area contributed by atoms with Gasteiger partial charge in [-0.2, -0.15) is 10.4 Å².